The van der Waals surface area contributed by atoms with Crippen LogP contribution in [0.25, 0.3) is 10.6 Å². The third-order valence-electron chi connectivity index (χ3n) is 1.89. The van der Waals surface area contributed by atoms with E-state index in [1.807, 2.05) is 23.7 Å². The maximum atomic E-state index is 8.49. The lowest BCUT2D eigenvalue weighted by Gasteiger charge is -2.04. The SMILES string of the molecule is N#CSCSc1ccccc1-c1nccs1. The van der Waals surface area contributed by atoms with Gasteiger partial charge < -0.3 is 0 Å². The van der Waals surface area contributed by atoms with Gasteiger partial charge in [-0.2, -0.15) is 5.26 Å². The van der Waals surface area contributed by atoms with Crippen LogP contribution in [-0.2, 0) is 0 Å². The Morgan fingerprint density at radius 2 is 2.25 bits per heavy atom. The average Bonchev–Trinajstić information content (AvgIpc) is 2.83. The molecule has 16 heavy (non-hydrogen) atoms. The number of thiocyanates is 1. The first-order valence-electron chi connectivity index (χ1n) is 4.54. The molecule has 0 radical (unpaired) electrons. The third-order valence-corrected chi connectivity index (χ3v) is 4.43. The van der Waals surface area contributed by atoms with Gasteiger partial charge in [0.15, 0.2) is 0 Å². The number of aromatic nitrogens is 1. The summed E-state index contributed by atoms with van der Waals surface area (Å²) in [6.45, 7) is 0. The molecular weight excluding hydrogens is 256 g/mol. The van der Waals surface area contributed by atoms with E-state index >= 15 is 0 Å². The number of rotatable bonds is 4. The Hall–Kier alpha value is -0.960. The highest BCUT2D eigenvalue weighted by Gasteiger charge is 2.06. The zero-order chi connectivity index (χ0) is 11.2. The summed E-state index contributed by atoms with van der Waals surface area (Å²) >= 11 is 4.57. The van der Waals surface area contributed by atoms with Gasteiger partial charge in [0.25, 0.3) is 0 Å². The largest absolute Gasteiger partial charge is 0.245 e. The number of hydrogen-bond donors (Lipinski definition) is 0. The molecule has 0 bridgehead atoms. The minimum Gasteiger partial charge on any atom is -0.245 e. The zero-order valence-electron chi connectivity index (χ0n) is 8.29. The molecule has 1 aromatic heterocycles. The maximum Gasteiger partial charge on any atom is 0.134 e. The fourth-order valence-electron chi connectivity index (χ4n) is 1.24. The van der Waals surface area contributed by atoms with Crippen LogP contribution in [0.1, 0.15) is 0 Å². The highest BCUT2D eigenvalue weighted by molar-refractivity contribution is 8.18. The van der Waals surface area contributed by atoms with Gasteiger partial charge >= 0.3 is 0 Å². The van der Waals surface area contributed by atoms with E-state index in [1.54, 1.807) is 23.1 Å². The molecular formula is C11H8N2S3. The number of thiazole rings is 1. The van der Waals surface area contributed by atoms with Crippen LogP contribution in [0.15, 0.2) is 40.7 Å². The van der Waals surface area contributed by atoms with Crippen molar-refractivity contribution in [3.05, 3.63) is 35.8 Å². The summed E-state index contributed by atoms with van der Waals surface area (Å²) in [6.07, 6.45) is 1.81. The second-order valence-corrected chi connectivity index (χ2v) is 5.87. The summed E-state index contributed by atoms with van der Waals surface area (Å²) in [5.41, 5.74) is 1.15. The smallest absolute Gasteiger partial charge is 0.134 e. The van der Waals surface area contributed by atoms with E-state index in [0.717, 1.165) is 15.7 Å². The molecule has 0 saturated heterocycles. The number of hydrogen-bond acceptors (Lipinski definition) is 5. The van der Waals surface area contributed by atoms with E-state index in [-0.39, 0.29) is 0 Å². The van der Waals surface area contributed by atoms with Gasteiger partial charge in [-0.1, -0.05) is 18.2 Å². The van der Waals surface area contributed by atoms with E-state index in [4.69, 9.17) is 5.26 Å². The second kappa shape index (κ2) is 5.94. The molecule has 0 unspecified atom stereocenters. The van der Waals surface area contributed by atoms with Gasteiger partial charge in [0.2, 0.25) is 0 Å². The average molecular weight is 264 g/mol. The Morgan fingerprint density at radius 1 is 1.38 bits per heavy atom. The van der Waals surface area contributed by atoms with Crippen molar-refractivity contribution in [2.75, 3.05) is 5.08 Å². The van der Waals surface area contributed by atoms with Crippen molar-refractivity contribution < 1.29 is 0 Å². The zero-order valence-corrected chi connectivity index (χ0v) is 10.7. The molecule has 0 aliphatic heterocycles. The Morgan fingerprint density at radius 3 is 3.00 bits per heavy atom. The highest BCUT2D eigenvalue weighted by Crippen LogP contribution is 2.33. The van der Waals surface area contributed by atoms with Gasteiger partial charge in [-0.3, -0.25) is 0 Å². The van der Waals surface area contributed by atoms with Crippen LogP contribution in [0.5, 0.6) is 0 Å². The normalized spacial score (nSPS) is 9.94. The Kier molecular flexibility index (Phi) is 4.28. The fourth-order valence-corrected chi connectivity index (χ4v) is 3.44. The van der Waals surface area contributed by atoms with Gasteiger partial charge in [0.05, 0.1) is 5.08 Å². The van der Waals surface area contributed by atoms with Crippen molar-refractivity contribution in [3.8, 4) is 16.0 Å². The molecule has 2 rings (SSSR count). The van der Waals surface area contributed by atoms with E-state index in [2.05, 4.69) is 22.5 Å². The Balaban J connectivity index is 2.22. The quantitative estimate of drug-likeness (QED) is 0.361. The topological polar surface area (TPSA) is 36.7 Å². The highest BCUT2D eigenvalue weighted by atomic mass is 32.2. The number of benzene rings is 1. The van der Waals surface area contributed by atoms with Crippen LogP contribution in [0.3, 0.4) is 0 Å². The fraction of sp³-hybridized carbons (Fsp3) is 0.0909. The maximum absolute atomic E-state index is 8.49. The summed E-state index contributed by atoms with van der Waals surface area (Å²) < 4.78 is 0. The monoisotopic (exact) mass is 264 g/mol. The number of thioether (sulfide) groups is 2. The minimum atomic E-state index is 0.749. The lowest BCUT2D eigenvalue weighted by molar-refractivity contribution is 1.36. The van der Waals surface area contributed by atoms with Crippen molar-refractivity contribution in [1.29, 1.82) is 5.26 Å². The van der Waals surface area contributed by atoms with Crippen LogP contribution < -0.4 is 0 Å². The molecule has 0 aliphatic rings. The second-order valence-electron chi connectivity index (χ2n) is 2.83. The van der Waals surface area contributed by atoms with E-state index in [1.165, 1.54) is 16.7 Å². The summed E-state index contributed by atoms with van der Waals surface area (Å²) in [6, 6.07) is 8.16. The van der Waals surface area contributed by atoms with Gasteiger partial charge in [-0.15, -0.1) is 23.1 Å². The molecule has 0 spiro atoms. The van der Waals surface area contributed by atoms with E-state index < -0.39 is 0 Å². The molecule has 0 N–H and O–H groups in total. The van der Waals surface area contributed by atoms with Crippen molar-refractivity contribution >= 4 is 34.9 Å². The number of nitrogens with zero attached hydrogens (tertiary/aromatic N) is 2. The van der Waals surface area contributed by atoms with Crippen LogP contribution in [0.2, 0.25) is 0 Å². The molecule has 1 aromatic carbocycles. The molecule has 2 aromatic rings. The predicted octanol–water partition coefficient (Wildman–Crippen LogP) is 4.07. The third kappa shape index (κ3) is 2.79. The summed E-state index contributed by atoms with van der Waals surface area (Å²) in [5.74, 6) is 0. The van der Waals surface area contributed by atoms with Crippen molar-refractivity contribution in [2.24, 2.45) is 0 Å². The molecule has 0 fully saturated rings. The summed E-state index contributed by atoms with van der Waals surface area (Å²) in [7, 11) is 0. The Labute approximate surface area is 107 Å². The van der Waals surface area contributed by atoms with Gasteiger partial charge in [-0.05, 0) is 17.8 Å². The molecule has 1 heterocycles. The van der Waals surface area contributed by atoms with Gasteiger partial charge in [-0.25, -0.2) is 4.98 Å². The molecule has 0 atom stereocenters. The summed E-state index contributed by atoms with van der Waals surface area (Å²) in [4.78, 5) is 5.49. The van der Waals surface area contributed by atoms with E-state index in [0.29, 0.717) is 0 Å². The standard InChI is InChI=1S/C11H8N2S3/c12-7-14-8-16-10-4-2-1-3-9(10)11-13-5-6-15-11/h1-6H,8H2. The van der Waals surface area contributed by atoms with Crippen molar-refractivity contribution in [1.82, 2.24) is 4.98 Å². The molecule has 0 saturated carbocycles. The lowest BCUT2D eigenvalue weighted by Crippen LogP contribution is -1.81. The van der Waals surface area contributed by atoms with E-state index in [9.17, 15) is 0 Å². The first-order valence-corrected chi connectivity index (χ1v) is 7.39. The van der Waals surface area contributed by atoms with Crippen LogP contribution in [0.4, 0.5) is 0 Å². The van der Waals surface area contributed by atoms with Crippen LogP contribution in [-0.4, -0.2) is 10.1 Å². The predicted molar refractivity (Wildman–Crippen MR) is 71.5 cm³/mol. The van der Waals surface area contributed by atoms with Crippen LogP contribution in [0, 0.1) is 10.7 Å². The number of nitriles is 1. The first kappa shape index (κ1) is 11.5. The minimum absolute atomic E-state index is 0.749. The van der Waals surface area contributed by atoms with Crippen molar-refractivity contribution in [2.45, 2.75) is 4.90 Å². The first-order chi connectivity index (χ1) is 7.92. The molecule has 80 valence electrons. The molecule has 2 nitrogen and oxygen atoms in total. The Bertz CT molecular complexity index is 488. The van der Waals surface area contributed by atoms with Gasteiger partial charge in [0, 0.05) is 22.0 Å². The molecule has 0 aliphatic carbocycles. The summed E-state index contributed by atoms with van der Waals surface area (Å²) in [5, 5.41) is 14.3. The van der Waals surface area contributed by atoms with Gasteiger partial charge in [0.1, 0.15) is 10.4 Å². The lowest BCUT2D eigenvalue weighted by atomic mass is 10.2. The molecule has 5 heteroatoms. The van der Waals surface area contributed by atoms with Crippen molar-refractivity contribution in [3.63, 3.8) is 0 Å². The van der Waals surface area contributed by atoms with Crippen LogP contribution >= 0.6 is 34.9 Å². The molecule has 0 amide bonds.